The highest BCUT2D eigenvalue weighted by molar-refractivity contribution is 9.10. The van der Waals surface area contributed by atoms with Crippen molar-refractivity contribution in [2.45, 2.75) is 6.92 Å². The quantitative estimate of drug-likeness (QED) is 0.781. The lowest BCUT2D eigenvalue weighted by Gasteiger charge is -2.05. The van der Waals surface area contributed by atoms with E-state index in [-0.39, 0.29) is 6.03 Å². The van der Waals surface area contributed by atoms with Crippen molar-refractivity contribution in [2.75, 3.05) is 12.4 Å². The topological polar surface area (TPSA) is 41.1 Å². The van der Waals surface area contributed by atoms with E-state index in [4.69, 9.17) is 0 Å². The molecule has 0 aliphatic heterocycles. The van der Waals surface area contributed by atoms with Gasteiger partial charge in [0.15, 0.2) is 0 Å². The summed E-state index contributed by atoms with van der Waals surface area (Å²) in [5.41, 5.74) is 1.88. The lowest BCUT2D eigenvalue weighted by molar-refractivity contribution is 0.254. The molecule has 0 saturated heterocycles. The number of benzene rings is 1. The van der Waals surface area contributed by atoms with Crippen LogP contribution in [0.2, 0.25) is 0 Å². The van der Waals surface area contributed by atoms with E-state index in [1.165, 1.54) is 0 Å². The van der Waals surface area contributed by atoms with Gasteiger partial charge >= 0.3 is 6.03 Å². The summed E-state index contributed by atoms with van der Waals surface area (Å²) in [7, 11) is 1.58. The first-order valence-electron chi connectivity index (χ1n) is 3.88. The first-order chi connectivity index (χ1) is 6.11. The first kappa shape index (κ1) is 10.1. The van der Waals surface area contributed by atoms with E-state index in [0.717, 1.165) is 15.7 Å². The maximum Gasteiger partial charge on any atom is 0.318 e. The van der Waals surface area contributed by atoms with E-state index in [9.17, 15) is 4.79 Å². The summed E-state index contributed by atoms with van der Waals surface area (Å²) >= 11 is 3.35. The molecule has 4 heteroatoms. The van der Waals surface area contributed by atoms with Crippen molar-refractivity contribution in [2.24, 2.45) is 0 Å². The van der Waals surface area contributed by atoms with Crippen LogP contribution >= 0.6 is 15.9 Å². The Kier molecular flexibility index (Phi) is 3.31. The number of carbonyl (C=O) groups is 1. The summed E-state index contributed by atoms with van der Waals surface area (Å²) in [5, 5.41) is 5.18. The zero-order chi connectivity index (χ0) is 9.84. The van der Waals surface area contributed by atoms with Crippen LogP contribution in [0.5, 0.6) is 0 Å². The lowest BCUT2D eigenvalue weighted by atomic mass is 10.2. The summed E-state index contributed by atoms with van der Waals surface area (Å²) in [6.07, 6.45) is 0. The molecule has 1 aromatic rings. The van der Waals surface area contributed by atoms with Crippen LogP contribution in [-0.2, 0) is 0 Å². The Bertz CT molecular complexity index is 305. The number of anilines is 1. The Morgan fingerprint density at radius 1 is 1.38 bits per heavy atom. The van der Waals surface area contributed by atoms with E-state index >= 15 is 0 Å². The Hall–Kier alpha value is -1.03. The fraction of sp³-hybridized carbons (Fsp3) is 0.222. The molecular weight excluding hydrogens is 232 g/mol. The van der Waals surface area contributed by atoms with Crippen molar-refractivity contribution in [1.29, 1.82) is 0 Å². The highest BCUT2D eigenvalue weighted by Crippen LogP contribution is 2.18. The molecule has 2 amide bonds. The summed E-state index contributed by atoms with van der Waals surface area (Å²) in [4.78, 5) is 11.0. The molecule has 0 aromatic heterocycles. The predicted molar refractivity (Wildman–Crippen MR) is 57.0 cm³/mol. The molecule has 0 aliphatic rings. The molecular formula is C9H11BrN2O. The van der Waals surface area contributed by atoms with Crippen molar-refractivity contribution >= 4 is 27.6 Å². The maximum absolute atomic E-state index is 11.0. The van der Waals surface area contributed by atoms with Gasteiger partial charge < -0.3 is 10.6 Å². The van der Waals surface area contributed by atoms with E-state index < -0.39 is 0 Å². The fourth-order valence-electron chi connectivity index (χ4n) is 1.00. The van der Waals surface area contributed by atoms with Crippen LogP contribution in [0.15, 0.2) is 22.7 Å². The highest BCUT2D eigenvalue weighted by Gasteiger charge is 1.99. The van der Waals surface area contributed by atoms with Crippen LogP contribution in [0.1, 0.15) is 5.56 Å². The van der Waals surface area contributed by atoms with E-state index in [1.807, 2.05) is 25.1 Å². The second-order valence-corrected chi connectivity index (χ2v) is 3.64. The van der Waals surface area contributed by atoms with Crippen LogP contribution in [-0.4, -0.2) is 13.1 Å². The second kappa shape index (κ2) is 4.28. The van der Waals surface area contributed by atoms with Crippen molar-refractivity contribution < 1.29 is 4.79 Å². The molecule has 0 unspecified atom stereocenters. The Morgan fingerprint density at radius 3 is 2.62 bits per heavy atom. The molecule has 1 rings (SSSR count). The van der Waals surface area contributed by atoms with E-state index in [1.54, 1.807) is 7.05 Å². The van der Waals surface area contributed by atoms with Gasteiger partial charge in [0, 0.05) is 17.2 Å². The average Bonchev–Trinajstić information content (AvgIpc) is 2.02. The van der Waals surface area contributed by atoms with Gasteiger partial charge in [0.2, 0.25) is 0 Å². The van der Waals surface area contributed by atoms with Crippen LogP contribution in [0.25, 0.3) is 0 Å². The van der Waals surface area contributed by atoms with Crippen molar-refractivity contribution in [3.8, 4) is 0 Å². The zero-order valence-corrected chi connectivity index (χ0v) is 9.10. The highest BCUT2D eigenvalue weighted by atomic mass is 79.9. The Morgan fingerprint density at radius 2 is 2.08 bits per heavy atom. The molecule has 2 N–H and O–H groups in total. The molecule has 0 aliphatic carbocycles. The summed E-state index contributed by atoms with van der Waals surface area (Å²) in [6, 6.07) is 5.52. The number of rotatable bonds is 1. The molecule has 0 radical (unpaired) electrons. The van der Waals surface area contributed by atoms with Gasteiger partial charge in [-0.3, -0.25) is 0 Å². The molecule has 0 fully saturated rings. The van der Waals surface area contributed by atoms with Crippen LogP contribution in [0.4, 0.5) is 10.5 Å². The van der Waals surface area contributed by atoms with Gasteiger partial charge in [-0.25, -0.2) is 4.79 Å². The number of amides is 2. The van der Waals surface area contributed by atoms with E-state index in [0.29, 0.717) is 0 Å². The monoisotopic (exact) mass is 242 g/mol. The minimum atomic E-state index is -0.211. The molecule has 0 saturated carbocycles. The van der Waals surface area contributed by atoms with Gasteiger partial charge in [0.25, 0.3) is 0 Å². The fourth-order valence-corrected chi connectivity index (χ4v) is 1.61. The largest absolute Gasteiger partial charge is 0.341 e. The Labute approximate surface area is 85.7 Å². The molecule has 0 bridgehead atoms. The second-order valence-electron chi connectivity index (χ2n) is 2.72. The van der Waals surface area contributed by atoms with Crippen LogP contribution in [0.3, 0.4) is 0 Å². The summed E-state index contributed by atoms with van der Waals surface area (Å²) in [5.74, 6) is 0. The predicted octanol–water partition coefficient (Wildman–Crippen LogP) is 2.51. The summed E-state index contributed by atoms with van der Waals surface area (Å²) in [6.45, 7) is 1.97. The van der Waals surface area contributed by atoms with Crippen molar-refractivity contribution in [1.82, 2.24) is 5.32 Å². The van der Waals surface area contributed by atoms with Crippen LogP contribution < -0.4 is 10.6 Å². The van der Waals surface area contributed by atoms with Gasteiger partial charge in [-0.1, -0.05) is 15.9 Å². The van der Waals surface area contributed by atoms with Gasteiger partial charge in [0.1, 0.15) is 0 Å². The molecule has 1 aromatic carbocycles. The standard InChI is InChI=1S/C9H11BrN2O/c1-6-3-7(10)5-8(4-6)12-9(13)11-2/h3-5H,1-2H3,(H2,11,12,13). The zero-order valence-electron chi connectivity index (χ0n) is 7.52. The smallest absolute Gasteiger partial charge is 0.318 e. The number of halogens is 1. The third-order valence-corrected chi connectivity index (χ3v) is 1.98. The number of carbonyl (C=O) groups excluding carboxylic acids is 1. The number of hydrogen-bond acceptors (Lipinski definition) is 1. The molecule has 0 spiro atoms. The third kappa shape index (κ3) is 3.06. The van der Waals surface area contributed by atoms with Crippen LogP contribution in [0, 0.1) is 6.92 Å². The average molecular weight is 243 g/mol. The number of nitrogens with one attached hydrogen (secondary N) is 2. The SMILES string of the molecule is CNC(=O)Nc1cc(C)cc(Br)c1. The number of urea groups is 1. The minimum Gasteiger partial charge on any atom is -0.341 e. The lowest BCUT2D eigenvalue weighted by Crippen LogP contribution is -2.24. The number of aryl methyl sites for hydroxylation is 1. The summed E-state index contributed by atoms with van der Waals surface area (Å²) < 4.78 is 0.957. The van der Waals surface area contributed by atoms with Gasteiger partial charge in [0.05, 0.1) is 0 Å². The molecule has 0 heterocycles. The molecule has 0 atom stereocenters. The van der Waals surface area contributed by atoms with Gasteiger partial charge in [-0.15, -0.1) is 0 Å². The van der Waals surface area contributed by atoms with E-state index in [2.05, 4.69) is 26.6 Å². The first-order valence-corrected chi connectivity index (χ1v) is 4.67. The minimum absolute atomic E-state index is 0.211. The normalized spacial score (nSPS) is 9.46. The van der Waals surface area contributed by atoms with Gasteiger partial charge in [-0.2, -0.15) is 0 Å². The Balaban J connectivity index is 2.83. The third-order valence-electron chi connectivity index (χ3n) is 1.53. The molecule has 3 nitrogen and oxygen atoms in total. The van der Waals surface area contributed by atoms with Crippen molar-refractivity contribution in [3.05, 3.63) is 28.2 Å². The molecule has 70 valence electrons. The maximum atomic E-state index is 11.0. The number of hydrogen-bond donors (Lipinski definition) is 2. The molecule has 13 heavy (non-hydrogen) atoms. The van der Waals surface area contributed by atoms with Gasteiger partial charge in [-0.05, 0) is 30.7 Å². The van der Waals surface area contributed by atoms with Crippen molar-refractivity contribution in [3.63, 3.8) is 0 Å².